The minimum absolute atomic E-state index is 0.302. The van der Waals surface area contributed by atoms with Crippen molar-refractivity contribution in [2.75, 3.05) is 7.11 Å². The quantitative estimate of drug-likeness (QED) is 0.224. The molecule has 4 atom stereocenters. The van der Waals surface area contributed by atoms with E-state index in [0.717, 1.165) is 38.5 Å². The zero-order valence-electron chi connectivity index (χ0n) is 16.1. The predicted octanol–water partition coefficient (Wildman–Crippen LogP) is 6.20. The monoisotopic (exact) mass is 372 g/mol. The lowest BCUT2D eigenvalue weighted by atomic mass is 9.89. The number of hydrogen-bond donors (Lipinski definition) is 1. The van der Waals surface area contributed by atoms with Crippen LogP contribution in [0, 0.1) is 11.8 Å². The van der Waals surface area contributed by atoms with Gasteiger partial charge < -0.3 is 9.84 Å². The van der Waals surface area contributed by atoms with E-state index in [1.54, 1.807) is 7.11 Å². The number of alkyl halides is 1. The number of aliphatic carboxylic acids is 1. The highest BCUT2D eigenvalue weighted by Crippen LogP contribution is 2.40. The first-order chi connectivity index (χ1) is 12.0. The second kappa shape index (κ2) is 13.6. The minimum Gasteiger partial charge on any atom is -0.481 e. The van der Waals surface area contributed by atoms with E-state index in [4.69, 9.17) is 21.4 Å². The van der Waals surface area contributed by atoms with Crippen molar-refractivity contribution in [3.63, 3.8) is 0 Å². The Balaban J connectivity index is 2.17. The van der Waals surface area contributed by atoms with Crippen LogP contribution in [-0.2, 0) is 9.53 Å². The SMILES string of the molecule is COC(C)CCCC/C=C/C1CCC(Cl)[C@@H]1CCCCCCC(=O)O. The number of carboxylic acids is 1. The van der Waals surface area contributed by atoms with Gasteiger partial charge in [0.2, 0.25) is 0 Å². The largest absolute Gasteiger partial charge is 0.481 e. The molecule has 0 bridgehead atoms. The fraction of sp³-hybridized carbons (Fsp3) is 0.857. The zero-order valence-corrected chi connectivity index (χ0v) is 16.8. The number of carbonyl (C=O) groups is 1. The summed E-state index contributed by atoms with van der Waals surface area (Å²) in [6.07, 6.45) is 17.8. The Morgan fingerprint density at radius 3 is 2.68 bits per heavy atom. The first-order valence-electron chi connectivity index (χ1n) is 10.1. The topological polar surface area (TPSA) is 46.5 Å². The maximum Gasteiger partial charge on any atom is 0.303 e. The average Bonchev–Trinajstić information content (AvgIpc) is 2.93. The summed E-state index contributed by atoms with van der Waals surface area (Å²) in [7, 11) is 1.78. The van der Waals surface area contributed by atoms with Crippen molar-refractivity contribution >= 4 is 17.6 Å². The molecule has 1 rings (SSSR count). The number of carboxylic acid groups (broad SMARTS) is 1. The van der Waals surface area contributed by atoms with E-state index in [9.17, 15) is 4.79 Å². The number of ether oxygens (including phenoxy) is 1. The Kier molecular flexibility index (Phi) is 12.3. The lowest BCUT2D eigenvalue weighted by molar-refractivity contribution is -0.137. The van der Waals surface area contributed by atoms with Gasteiger partial charge in [-0.25, -0.2) is 0 Å². The van der Waals surface area contributed by atoms with E-state index in [1.165, 1.54) is 32.1 Å². The van der Waals surface area contributed by atoms with Gasteiger partial charge in [-0.1, -0.05) is 37.8 Å². The molecule has 4 heteroatoms. The van der Waals surface area contributed by atoms with E-state index in [-0.39, 0.29) is 0 Å². The molecular weight excluding hydrogens is 336 g/mol. The standard InChI is InChI=1S/C21H37ClO3/c1-17(25-2)11-7-3-4-8-12-18-15-16-20(22)19(18)13-9-5-6-10-14-21(23)24/h8,12,17-20H,3-7,9-11,13-16H2,1-2H3,(H,23,24)/b12-8+/t17?,18?,19-,20?/m1/s1. The van der Waals surface area contributed by atoms with Crippen LogP contribution in [0.3, 0.4) is 0 Å². The first-order valence-corrected chi connectivity index (χ1v) is 10.5. The van der Waals surface area contributed by atoms with E-state index < -0.39 is 5.97 Å². The molecule has 0 aromatic heterocycles. The van der Waals surface area contributed by atoms with Gasteiger partial charge in [0.15, 0.2) is 0 Å². The van der Waals surface area contributed by atoms with Crippen LogP contribution in [0.25, 0.3) is 0 Å². The van der Waals surface area contributed by atoms with Gasteiger partial charge in [0, 0.05) is 18.9 Å². The van der Waals surface area contributed by atoms with Gasteiger partial charge in [0.25, 0.3) is 0 Å². The molecule has 25 heavy (non-hydrogen) atoms. The van der Waals surface area contributed by atoms with Crippen molar-refractivity contribution in [1.82, 2.24) is 0 Å². The summed E-state index contributed by atoms with van der Waals surface area (Å²) < 4.78 is 5.28. The van der Waals surface area contributed by atoms with Gasteiger partial charge in [-0.3, -0.25) is 4.79 Å². The smallest absolute Gasteiger partial charge is 0.303 e. The Hall–Kier alpha value is -0.540. The number of halogens is 1. The molecule has 3 unspecified atom stereocenters. The van der Waals surface area contributed by atoms with Crippen LogP contribution in [0.5, 0.6) is 0 Å². The third-order valence-corrected chi connectivity index (χ3v) is 6.03. The summed E-state index contributed by atoms with van der Waals surface area (Å²) in [4.78, 5) is 10.5. The number of unbranched alkanes of at least 4 members (excludes halogenated alkanes) is 5. The van der Waals surface area contributed by atoms with Crippen LogP contribution in [0.4, 0.5) is 0 Å². The molecule has 1 N–H and O–H groups in total. The van der Waals surface area contributed by atoms with Crippen molar-refractivity contribution in [3.05, 3.63) is 12.2 Å². The second-order valence-corrected chi connectivity index (χ2v) is 8.09. The molecule has 0 radical (unpaired) electrons. The third-order valence-electron chi connectivity index (χ3n) is 5.49. The zero-order chi connectivity index (χ0) is 18.5. The van der Waals surface area contributed by atoms with Crippen LogP contribution >= 0.6 is 11.6 Å². The second-order valence-electron chi connectivity index (χ2n) is 7.53. The molecule has 1 fully saturated rings. The molecule has 0 amide bonds. The van der Waals surface area contributed by atoms with Gasteiger partial charge in [0.05, 0.1) is 6.10 Å². The lowest BCUT2D eigenvalue weighted by Crippen LogP contribution is -2.13. The Morgan fingerprint density at radius 2 is 1.96 bits per heavy atom. The molecular formula is C21H37ClO3. The summed E-state index contributed by atoms with van der Waals surface area (Å²) in [5, 5.41) is 8.97. The molecule has 0 spiro atoms. The highest BCUT2D eigenvalue weighted by molar-refractivity contribution is 6.21. The van der Waals surface area contributed by atoms with Crippen molar-refractivity contribution in [2.24, 2.45) is 11.8 Å². The van der Waals surface area contributed by atoms with Gasteiger partial charge in [-0.2, -0.15) is 0 Å². The van der Waals surface area contributed by atoms with Crippen molar-refractivity contribution in [2.45, 2.75) is 95.5 Å². The average molecular weight is 373 g/mol. The summed E-state index contributed by atoms with van der Waals surface area (Å²) in [6, 6.07) is 0. The molecule has 0 aromatic carbocycles. The fourth-order valence-electron chi connectivity index (χ4n) is 3.77. The summed E-state index contributed by atoms with van der Waals surface area (Å²) in [6.45, 7) is 2.13. The van der Waals surface area contributed by atoms with Crippen LogP contribution in [0.2, 0.25) is 0 Å². The summed E-state index contributed by atoms with van der Waals surface area (Å²) in [5.74, 6) is 0.559. The normalized spacial score (nSPS) is 24.8. The molecule has 0 saturated heterocycles. The van der Waals surface area contributed by atoms with Crippen LogP contribution in [0.1, 0.15) is 84.0 Å². The van der Waals surface area contributed by atoms with E-state index >= 15 is 0 Å². The Labute approximate surface area is 159 Å². The molecule has 146 valence electrons. The predicted molar refractivity (Wildman–Crippen MR) is 105 cm³/mol. The first kappa shape index (κ1) is 22.5. The van der Waals surface area contributed by atoms with E-state index in [0.29, 0.717) is 29.7 Å². The molecule has 0 aromatic rings. The highest BCUT2D eigenvalue weighted by atomic mass is 35.5. The van der Waals surface area contributed by atoms with Crippen LogP contribution < -0.4 is 0 Å². The van der Waals surface area contributed by atoms with Gasteiger partial charge in [-0.05, 0) is 63.7 Å². The van der Waals surface area contributed by atoms with E-state index in [2.05, 4.69) is 19.1 Å². The number of hydrogen-bond acceptors (Lipinski definition) is 2. The van der Waals surface area contributed by atoms with Crippen molar-refractivity contribution in [3.8, 4) is 0 Å². The Bertz CT molecular complexity index is 383. The summed E-state index contributed by atoms with van der Waals surface area (Å²) in [5.41, 5.74) is 0. The minimum atomic E-state index is -0.682. The van der Waals surface area contributed by atoms with E-state index in [1.807, 2.05) is 0 Å². The number of methoxy groups -OCH3 is 1. The number of allylic oxidation sites excluding steroid dienone is 2. The van der Waals surface area contributed by atoms with Crippen LogP contribution in [0.15, 0.2) is 12.2 Å². The van der Waals surface area contributed by atoms with Gasteiger partial charge in [-0.15, -0.1) is 11.6 Å². The molecule has 1 aliphatic rings. The van der Waals surface area contributed by atoms with Crippen molar-refractivity contribution in [1.29, 1.82) is 0 Å². The maximum atomic E-state index is 10.5. The summed E-state index contributed by atoms with van der Waals surface area (Å²) >= 11 is 6.54. The van der Waals surface area contributed by atoms with Gasteiger partial charge in [0.1, 0.15) is 0 Å². The van der Waals surface area contributed by atoms with Gasteiger partial charge >= 0.3 is 5.97 Å². The van der Waals surface area contributed by atoms with Crippen molar-refractivity contribution < 1.29 is 14.6 Å². The maximum absolute atomic E-state index is 10.5. The molecule has 1 aliphatic carbocycles. The lowest BCUT2D eigenvalue weighted by Gasteiger charge is -2.19. The third kappa shape index (κ3) is 10.3. The highest BCUT2D eigenvalue weighted by Gasteiger charge is 2.32. The van der Waals surface area contributed by atoms with Crippen LogP contribution in [-0.4, -0.2) is 29.7 Å². The molecule has 0 aliphatic heterocycles. The molecule has 3 nitrogen and oxygen atoms in total. The molecule has 1 saturated carbocycles. The molecule has 0 heterocycles. The number of rotatable bonds is 14. The fourth-order valence-corrected chi connectivity index (χ4v) is 4.21. The Morgan fingerprint density at radius 1 is 1.20 bits per heavy atom.